The summed E-state index contributed by atoms with van der Waals surface area (Å²) in [6.45, 7) is 6.03. The maximum atomic E-state index is 12.1. The highest BCUT2D eigenvalue weighted by Gasteiger charge is 2.22. The number of piperidine rings is 1. The second-order valence-electron chi connectivity index (χ2n) is 4.92. The topological polar surface area (TPSA) is 32.3 Å². The van der Waals surface area contributed by atoms with Crippen molar-refractivity contribution in [3.05, 3.63) is 22.4 Å². The molecule has 1 aromatic rings. The number of rotatable bonds is 2. The van der Waals surface area contributed by atoms with Gasteiger partial charge in [0, 0.05) is 13.1 Å². The molecular weight excluding hydrogens is 232 g/mol. The third-order valence-corrected chi connectivity index (χ3v) is 4.03. The fourth-order valence-electron chi connectivity index (χ4n) is 2.26. The Labute approximate surface area is 107 Å². The number of nitrogens with zero attached hydrogens (tertiary/aromatic N) is 1. The van der Waals surface area contributed by atoms with Crippen molar-refractivity contribution in [2.45, 2.75) is 32.7 Å². The lowest BCUT2D eigenvalue weighted by atomic mass is 10.0. The quantitative estimate of drug-likeness (QED) is 0.861. The van der Waals surface area contributed by atoms with Gasteiger partial charge in [-0.2, -0.15) is 11.3 Å². The van der Waals surface area contributed by atoms with Gasteiger partial charge in [-0.25, -0.2) is 4.79 Å². The Balaban J connectivity index is 1.88. The molecule has 0 bridgehead atoms. The van der Waals surface area contributed by atoms with Crippen LogP contribution in [0.1, 0.15) is 38.3 Å². The lowest BCUT2D eigenvalue weighted by Gasteiger charge is -2.31. The first-order valence-electron chi connectivity index (χ1n) is 6.24. The Bertz CT molecular complexity index is 364. The predicted octanol–water partition coefficient (Wildman–Crippen LogP) is 3.25. The Morgan fingerprint density at radius 1 is 1.65 bits per heavy atom. The number of urea groups is 1. The number of carbonyl (C=O) groups is 1. The van der Waals surface area contributed by atoms with E-state index >= 15 is 0 Å². The minimum absolute atomic E-state index is 0.0789. The van der Waals surface area contributed by atoms with Crippen LogP contribution in [0.25, 0.3) is 0 Å². The molecule has 4 heteroatoms. The molecule has 94 valence electrons. The molecule has 2 atom stereocenters. The van der Waals surface area contributed by atoms with E-state index in [1.54, 1.807) is 11.3 Å². The first-order chi connectivity index (χ1) is 8.16. The lowest BCUT2D eigenvalue weighted by Crippen LogP contribution is -2.45. The van der Waals surface area contributed by atoms with E-state index in [1.165, 1.54) is 12.0 Å². The molecule has 1 aliphatic rings. The number of hydrogen-bond donors (Lipinski definition) is 1. The van der Waals surface area contributed by atoms with Gasteiger partial charge in [-0.3, -0.25) is 0 Å². The van der Waals surface area contributed by atoms with Gasteiger partial charge < -0.3 is 10.2 Å². The van der Waals surface area contributed by atoms with Crippen LogP contribution in [0.3, 0.4) is 0 Å². The molecule has 1 aromatic heterocycles. The molecule has 2 rings (SSSR count). The summed E-state index contributed by atoms with van der Waals surface area (Å²) >= 11 is 1.67. The van der Waals surface area contributed by atoms with E-state index in [0.717, 1.165) is 19.5 Å². The molecule has 1 N–H and O–H groups in total. The van der Waals surface area contributed by atoms with Crippen LogP contribution in [0.15, 0.2) is 16.8 Å². The van der Waals surface area contributed by atoms with Gasteiger partial charge in [0.25, 0.3) is 0 Å². The Kier molecular flexibility index (Phi) is 4.05. The Morgan fingerprint density at radius 3 is 3.12 bits per heavy atom. The highest BCUT2D eigenvalue weighted by molar-refractivity contribution is 7.07. The molecule has 0 spiro atoms. The summed E-state index contributed by atoms with van der Waals surface area (Å²) in [5.41, 5.74) is 1.19. The summed E-state index contributed by atoms with van der Waals surface area (Å²) in [5, 5.41) is 7.20. The van der Waals surface area contributed by atoms with Crippen LogP contribution in [0, 0.1) is 5.92 Å². The fraction of sp³-hybridized carbons (Fsp3) is 0.615. The summed E-state index contributed by atoms with van der Waals surface area (Å²) in [6.07, 6.45) is 2.37. The zero-order valence-electron chi connectivity index (χ0n) is 10.5. The van der Waals surface area contributed by atoms with E-state index in [9.17, 15) is 4.79 Å². The smallest absolute Gasteiger partial charge is 0.317 e. The van der Waals surface area contributed by atoms with E-state index in [4.69, 9.17) is 0 Å². The molecule has 1 saturated heterocycles. The van der Waals surface area contributed by atoms with Crippen molar-refractivity contribution >= 4 is 17.4 Å². The van der Waals surface area contributed by atoms with E-state index in [0.29, 0.717) is 5.92 Å². The predicted molar refractivity (Wildman–Crippen MR) is 71.2 cm³/mol. The molecule has 0 saturated carbocycles. The maximum absolute atomic E-state index is 12.1. The minimum atomic E-state index is 0.0789. The van der Waals surface area contributed by atoms with Gasteiger partial charge in [0.2, 0.25) is 0 Å². The van der Waals surface area contributed by atoms with Gasteiger partial charge in [0.05, 0.1) is 6.04 Å². The molecule has 1 aliphatic heterocycles. The zero-order valence-corrected chi connectivity index (χ0v) is 11.3. The van der Waals surface area contributed by atoms with Crippen molar-refractivity contribution in [1.29, 1.82) is 0 Å². The van der Waals surface area contributed by atoms with Crippen LogP contribution < -0.4 is 5.32 Å². The number of nitrogens with one attached hydrogen (secondary N) is 1. The largest absolute Gasteiger partial charge is 0.331 e. The van der Waals surface area contributed by atoms with Crippen LogP contribution in [-0.4, -0.2) is 24.0 Å². The third kappa shape index (κ3) is 3.22. The van der Waals surface area contributed by atoms with Crippen molar-refractivity contribution in [2.24, 2.45) is 5.92 Å². The SMILES string of the molecule is CC1CCCN(C(=O)NC(C)c2ccsc2)C1. The van der Waals surface area contributed by atoms with Gasteiger partial charge in [0.1, 0.15) is 0 Å². The van der Waals surface area contributed by atoms with Crippen LogP contribution in [-0.2, 0) is 0 Å². The lowest BCUT2D eigenvalue weighted by molar-refractivity contribution is 0.167. The normalized spacial score (nSPS) is 22.2. The van der Waals surface area contributed by atoms with Crippen molar-refractivity contribution < 1.29 is 4.79 Å². The molecule has 2 amide bonds. The molecule has 17 heavy (non-hydrogen) atoms. The van der Waals surface area contributed by atoms with E-state index in [2.05, 4.69) is 23.7 Å². The molecule has 3 nitrogen and oxygen atoms in total. The summed E-state index contributed by atoms with van der Waals surface area (Å²) in [5.74, 6) is 0.631. The highest BCUT2D eigenvalue weighted by atomic mass is 32.1. The third-order valence-electron chi connectivity index (χ3n) is 3.33. The number of carbonyl (C=O) groups excluding carboxylic acids is 1. The van der Waals surface area contributed by atoms with E-state index in [-0.39, 0.29) is 12.1 Å². The Hall–Kier alpha value is -1.03. The maximum Gasteiger partial charge on any atom is 0.317 e. The molecule has 0 radical (unpaired) electrons. The molecule has 0 aliphatic carbocycles. The summed E-state index contributed by atoms with van der Waals surface area (Å²) in [4.78, 5) is 14.0. The average Bonchev–Trinajstić information content (AvgIpc) is 2.82. The average molecular weight is 252 g/mol. The molecular formula is C13H20N2OS. The monoisotopic (exact) mass is 252 g/mol. The number of hydrogen-bond acceptors (Lipinski definition) is 2. The Morgan fingerprint density at radius 2 is 2.47 bits per heavy atom. The second kappa shape index (κ2) is 5.54. The van der Waals surface area contributed by atoms with Gasteiger partial charge in [-0.15, -0.1) is 0 Å². The van der Waals surface area contributed by atoms with Crippen molar-refractivity contribution in [3.63, 3.8) is 0 Å². The van der Waals surface area contributed by atoms with Gasteiger partial charge in [-0.05, 0) is 48.1 Å². The molecule has 2 heterocycles. The van der Waals surface area contributed by atoms with Crippen LogP contribution in [0.4, 0.5) is 4.79 Å². The van der Waals surface area contributed by atoms with Crippen molar-refractivity contribution in [1.82, 2.24) is 10.2 Å². The number of likely N-dealkylation sites (tertiary alicyclic amines) is 1. The second-order valence-corrected chi connectivity index (χ2v) is 5.70. The van der Waals surface area contributed by atoms with E-state index in [1.807, 2.05) is 17.2 Å². The van der Waals surface area contributed by atoms with E-state index < -0.39 is 0 Å². The van der Waals surface area contributed by atoms with Crippen LogP contribution >= 0.6 is 11.3 Å². The first-order valence-corrected chi connectivity index (χ1v) is 7.18. The van der Waals surface area contributed by atoms with Gasteiger partial charge >= 0.3 is 6.03 Å². The standard InChI is InChI=1S/C13H20N2OS/c1-10-4-3-6-15(8-10)13(16)14-11(2)12-5-7-17-9-12/h5,7,9-11H,3-4,6,8H2,1-2H3,(H,14,16). The summed E-state index contributed by atoms with van der Waals surface area (Å²) < 4.78 is 0. The molecule has 2 unspecified atom stereocenters. The number of amides is 2. The van der Waals surface area contributed by atoms with Crippen LogP contribution in [0.2, 0.25) is 0 Å². The van der Waals surface area contributed by atoms with Gasteiger partial charge in [-0.1, -0.05) is 6.92 Å². The summed E-state index contributed by atoms with van der Waals surface area (Å²) in [6, 6.07) is 2.25. The number of thiophene rings is 1. The van der Waals surface area contributed by atoms with Crippen molar-refractivity contribution in [2.75, 3.05) is 13.1 Å². The fourth-order valence-corrected chi connectivity index (χ4v) is 3.01. The van der Waals surface area contributed by atoms with Crippen molar-refractivity contribution in [3.8, 4) is 0 Å². The molecule has 0 aromatic carbocycles. The highest BCUT2D eigenvalue weighted by Crippen LogP contribution is 2.18. The minimum Gasteiger partial charge on any atom is -0.331 e. The summed E-state index contributed by atoms with van der Waals surface area (Å²) in [7, 11) is 0. The molecule has 1 fully saturated rings. The zero-order chi connectivity index (χ0) is 12.3. The first kappa shape index (κ1) is 12.4. The van der Waals surface area contributed by atoms with Crippen LogP contribution in [0.5, 0.6) is 0 Å². The van der Waals surface area contributed by atoms with Gasteiger partial charge in [0.15, 0.2) is 0 Å².